The van der Waals surface area contributed by atoms with E-state index in [4.69, 9.17) is 0 Å². The van der Waals surface area contributed by atoms with Crippen LogP contribution in [0.25, 0.3) is 0 Å². The second-order valence-corrected chi connectivity index (χ2v) is 9.38. The van der Waals surface area contributed by atoms with E-state index in [1.807, 2.05) is 0 Å². The maximum absolute atomic E-state index is 12.2. The smallest absolute Gasteiger partial charge is 0.271 e. The van der Waals surface area contributed by atoms with Crippen LogP contribution in [-0.4, -0.2) is 38.6 Å². The van der Waals surface area contributed by atoms with Gasteiger partial charge in [-0.25, -0.2) is 8.42 Å². The number of amides is 1. The zero-order valence-corrected chi connectivity index (χ0v) is 17.3. The van der Waals surface area contributed by atoms with Crippen LogP contribution in [0.15, 0.2) is 18.2 Å². The summed E-state index contributed by atoms with van der Waals surface area (Å²) in [5.41, 5.74) is 0.733. The van der Waals surface area contributed by atoms with E-state index in [9.17, 15) is 23.3 Å². The maximum atomic E-state index is 12.2. The zero-order valence-electron chi connectivity index (χ0n) is 16.5. The van der Waals surface area contributed by atoms with Crippen LogP contribution in [0, 0.1) is 23.0 Å². The van der Waals surface area contributed by atoms with Gasteiger partial charge in [-0.2, -0.15) is 0 Å². The Morgan fingerprint density at radius 2 is 1.96 bits per heavy atom. The van der Waals surface area contributed by atoms with Crippen LogP contribution < -0.4 is 9.62 Å². The minimum Gasteiger partial charge on any atom is -0.356 e. The number of hydrogen-bond acceptors (Lipinski definition) is 5. The molecule has 0 atom stereocenters. The Balaban J connectivity index is 1.95. The third-order valence-electron chi connectivity index (χ3n) is 5.15. The van der Waals surface area contributed by atoms with Crippen molar-refractivity contribution in [2.24, 2.45) is 5.92 Å². The number of nitro benzene ring substituents is 1. The molecule has 0 spiro atoms. The molecule has 28 heavy (non-hydrogen) atoms. The molecule has 1 aliphatic carbocycles. The van der Waals surface area contributed by atoms with E-state index in [1.165, 1.54) is 37.5 Å². The van der Waals surface area contributed by atoms with Gasteiger partial charge in [-0.1, -0.05) is 25.3 Å². The molecule has 1 saturated carbocycles. The summed E-state index contributed by atoms with van der Waals surface area (Å²) in [7, 11) is -3.63. The van der Waals surface area contributed by atoms with Gasteiger partial charge in [0.25, 0.3) is 5.69 Å². The van der Waals surface area contributed by atoms with Gasteiger partial charge in [0.2, 0.25) is 15.9 Å². The normalized spacial score (nSPS) is 15.2. The van der Waals surface area contributed by atoms with Crippen molar-refractivity contribution in [3.8, 4) is 0 Å². The molecule has 9 heteroatoms. The summed E-state index contributed by atoms with van der Waals surface area (Å²) in [4.78, 5) is 22.6. The maximum Gasteiger partial charge on any atom is 0.271 e. The molecule has 0 unspecified atom stereocenters. The van der Waals surface area contributed by atoms with E-state index < -0.39 is 14.9 Å². The van der Waals surface area contributed by atoms with Gasteiger partial charge in [0.05, 0.1) is 16.9 Å². The molecule has 1 N–H and O–H groups in total. The number of nitrogens with one attached hydrogen (secondary N) is 1. The average Bonchev–Trinajstić information content (AvgIpc) is 2.64. The summed E-state index contributed by atoms with van der Waals surface area (Å²) in [5, 5.41) is 14.0. The first-order chi connectivity index (χ1) is 13.2. The third-order valence-corrected chi connectivity index (χ3v) is 6.33. The predicted octanol–water partition coefficient (Wildman–Crippen LogP) is 3.15. The Bertz CT molecular complexity index is 804. The fourth-order valence-electron chi connectivity index (χ4n) is 3.57. The number of rotatable bonds is 9. The van der Waals surface area contributed by atoms with Gasteiger partial charge in [-0.15, -0.1) is 0 Å². The molecule has 0 aromatic heterocycles. The molecule has 0 aliphatic heterocycles. The molecule has 8 nitrogen and oxygen atoms in total. The molecule has 0 bridgehead atoms. The second kappa shape index (κ2) is 9.86. The standard InChI is InChI=1S/C19H29N3O5S/c1-15-10-11-17(22(24)25)13-18(15)21(28(2,26)27)12-6-9-19(23)20-14-16-7-4-3-5-8-16/h10-11,13,16H,3-9,12,14H2,1-2H3,(H,20,23). The lowest BCUT2D eigenvalue weighted by atomic mass is 9.89. The van der Waals surface area contributed by atoms with Crippen molar-refractivity contribution in [2.75, 3.05) is 23.7 Å². The van der Waals surface area contributed by atoms with Gasteiger partial charge < -0.3 is 5.32 Å². The molecule has 0 heterocycles. The number of benzene rings is 1. The lowest BCUT2D eigenvalue weighted by Crippen LogP contribution is -2.33. The minimum absolute atomic E-state index is 0.0882. The van der Waals surface area contributed by atoms with Crippen LogP contribution in [0.4, 0.5) is 11.4 Å². The molecule has 2 rings (SSSR count). The van der Waals surface area contributed by atoms with Crippen molar-refractivity contribution in [3.63, 3.8) is 0 Å². The van der Waals surface area contributed by atoms with Crippen molar-refractivity contribution < 1.29 is 18.1 Å². The summed E-state index contributed by atoms with van der Waals surface area (Å²) >= 11 is 0. The Labute approximate surface area is 166 Å². The molecule has 1 fully saturated rings. The number of sulfonamides is 1. The van der Waals surface area contributed by atoms with E-state index in [0.717, 1.165) is 23.4 Å². The highest BCUT2D eigenvalue weighted by atomic mass is 32.2. The van der Waals surface area contributed by atoms with Gasteiger partial charge in [0, 0.05) is 31.6 Å². The van der Waals surface area contributed by atoms with Gasteiger partial charge in [0.15, 0.2) is 0 Å². The first-order valence-electron chi connectivity index (χ1n) is 9.68. The number of nitrogens with zero attached hydrogens (tertiary/aromatic N) is 2. The highest BCUT2D eigenvalue weighted by Gasteiger charge is 2.22. The van der Waals surface area contributed by atoms with Crippen LogP contribution in [0.3, 0.4) is 0 Å². The Morgan fingerprint density at radius 3 is 2.57 bits per heavy atom. The minimum atomic E-state index is -3.63. The molecular weight excluding hydrogens is 382 g/mol. The van der Waals surface area contributed by atoms with E-state index in [2.05, 4.69) is 5.32 Å². The van der Waals surface area contributed by atoms with E-state index in [1.54, 1.807) is 6.92 Å². The Hall–Kier alpha value is -2.16. The molecule has 1 aromatic rings. The molecular formula is C19H29N3O5S. The number of nitro groups is 1. The number of aryl methyl sites for hydroxylation is 1. The van der Waals surface area contributed by atoms with Crippen LogP contribution >= 0.6 is 0 Å². The van der Waals surface area contributed by atoms with Crippen LogP contribution in [0.1, 0.15) is 50.5 Å². The topological polar surface area (TPSA) is 110 Å². The molecule has 1 aliphatic rings. The van der Waals surface area contributed by atoms with E-state index in [0.29, 0.717) is 24.4 Å². The highest BCUT2D eigenvalue weighted by Crippen LogP contribution is 2.28. The number of non-ortho nitro benzene ring substituents is 1. The summed E-state index contributed by atoms with van der Waals surface area (Å²) in [6, 6.07) is 4.14. The summed E-state index contributed by atoms with van der Waals surface area (Å²) in [6.07, 6.45) is 7.61. The lowest BCUT2D eigenvalue weighted by molar-refractivity contribution is -0.384. The lowest BCUT2D eigenvalue weighted by Gasteiger charge is -2.24. The molecule has 1 amide bonds. The Morgan fingerprint density at radius 1 is 1.29 bits per heavy atom. The quantitative estimate of drug-likeness (QED) is 0.496. The van der Waals surface area contributed by atoms with Crippen LogP contribution in [-0.2, 0) is 14.8 Å². The molecule has 0 saturated heterocycles. The van der Waals surface area contributed by atoms with Crippen molar-refractivity contribution in [2.45, 2.75) is 51.9 Å². The summed E-state index contributed by atoms with van der Waals surface area (Å²) < 4.78 is 25.6. The number of carbonyl (C=O) groups excluding carboxylic acids is 1. The first-order valence-corrected chi connectivity index (χ1v) is 11.5. The fourth-order valence-corrected chi connectivity index (χ4v) is 4.58. The van der Waals surface area contributed by atoms with E-state index >= 15 is 0 Å². The molecule has 156 valence electrons. The van der Waals surface area contributed by atoms with Crippen molar-refractivity contribution in [3.05, 3.63) is 33.9 Å². The van der Waals surface area contributed by atoms with Crippen molar-refractivity contribution in [1.29, 1.82) is 0 Å². The SMILES string of the molecule is Cc1ccc([N+](=O)[O-])cc1N(CCCC(=O)NCC1CCCCC1)S(C)(=O)=O. The Kier molecular flexibility index (Phi) is 7.79. The van der Waals surface area contributed by atoms with E-state index in [-0.39, 0.29) is 30.2 Å². The molecule has 0 radical (unpaired) electrons. The second-order valence-electron chi connectivity index (χ2n) is 7.47. The monoisotopic (exact) mass is 411 g/mol. The van der Waals surface area contributed by atoms with Crippen molar-refractivity contribution in [1.82, 2.24) is 5.32 Å². The first kappa shape index (κ1) is 22.1. The number of hydrogen-bond donors (Lipinski definition) is 1. The highest BCUT2D eigenvalue weighted by molar-refractivity contribution is 7.92. The van der Waals surface area contributed by atoms with Crippen LogP contribution in [0.5, 0.6) is 0 Å². The van der Waals surface area contributed by atoms with Gasteiger partial charge in [-0.3, -0.25) is 19.2 Å². The predicted molar refractivity (Wildman–Crippen MR) is 109 cm³/mol. The summed E-state index contributed by atoms with van der Waals surface area (Å²) in [6.45, 7) is 2.48. The van der Waals surface area contributed by atoms with Crippen LogP contribution in [0.2, 0.25) is 0 Å². The third kappa shape index (κ3) is 6.47. The largest absolute Gasteiger partial charge is 0.356 e. The van der Waals surface area contributed by atoms with Gasteiger partial charge in [0.1, 0.15) is 0 Å². The molecule has 1 aromatic carbocycles. The van der Waals surface area contributed by atoms with Gasteiger partial charge >= 0.3 is 0 Å². The van der Waals surface area contributed by atoms with Crippen molar-refractivity contribution >= 4 is 27.3 Å². The summed E-state index contributed by atoms with van der Waals surface area (Å²) in [5.74, 6) is 0.451. The average molecular weight is 412 g/mol. The zero-order chi connectivity index (χ0) is 20.7. The van der Waals surface area contributed by atoms with Gasteiger partial charge in [-0.05, 0) is 37.7 Å². The fraction of sp³-hybridized carbons (Fsp3) is 0.632. The number of carbonyl (C=O) groups is 1. The number of anilines is 1.